The van der Waals surface area contributed by atoms with Crippen LogP contribution < -0.4 is 10.1 Å². The largest absolute Gasteiger partial charge is 0.489 e. The van der Waals surface area contributed by atoms with Gasteiger partial charge in [-0.1, -0.05) is 12.1 Å². The normalized spacial score (nSPS) is 13.2. The van der Waals surface area contributed by atoms with Gasteiger partial charge in [-0.2, -0.15) is 0 Å². The number of rotatable bonds is 4. The van der Waals surface area contributed by atoms with E-state index in [1.165, 1.54) is 0 Å². The van der Waals surface area contributed by atoms with Crippen LogP contribution in [0.1, 0.15) is 27.9 Å². The fourth-order valence-electron chi connectivity index (χ4n) is 2.41. The van der Waals surface area contributed by atoms with E-state index in [1.807, 2.05) is 18.2 Å². The number of carboxylic acid groups (broad SMARTS) is 1. The minimum Gasteiger partial charge on any atom is -0.489 e. The Labute approximate surface area is 127 Å². The van der Waals surface area contributed by atoms with E-state index in [0.717, 1.165) is 16.8 Å². The summed E-state index contributed by atoms with van der Waals surface area (Å²) in [4.78, 5) is 22.3. The van der Waals surface area contributed by atoms with Crippen LogP contribution in [-0.2, 0) is 17.8 Å². The van der Waals surface area contributed by atoms with Crippen molar-refractivity contribution in [1.82, 2.24) is 0 Å². The first-order valence-electron chi connectivity index (χ1n) is 6.99. The Morgan fingerprint density at radius 3 is 2.86 bits per heavy atom. The lowest BCUT2D eigenvalue weighted by Gasteiger charge is -2.17. The molecule has 2 aromatic carbocycles. The number of fused-ring (bicyclic) bond motifs is 1. The zero-order valence-electron chi connectivity index (χ0n) is 11.8. The molecule has 0 aromatic heterocycles. The maximum Gasteiger partial charge on any atom is 0.335 e. The molecule has 1 aliphatic heterocycles. The molecular formula is C17H15NO4. The monoisotopic (exact) mass is 297 g/mol. The zero-order valence-corrected chi connectivity index (χ0v) is 11.8. The molecule has 22 heavy (non-hydrogen) atoms. The van der Waals surface area contributed by atoms with Gasteiger partial charge in [0.2, 0.25) is 5.91 Å². The van der Waals surface area contributed by atoms with Crippen molar-refractivity contribution in [3.8, 4) is 5.75 Å². The number of carbonyl (C=O) groups excluding carboxylic acids is 1. The highest BCUT2D eigenvalue weighted by atomic mass is 16.5. The minimum absolute atomic E-state index is 0.0339. The van der Waals surface area contributed by atoms with Crippen LogP contribution in [0.5, 0.6) is 5.75 Å². The van der Waals surface area contributed by atoms with E-state index in [1.54, 1.807) is 24.3 Å². The van der Waals surface area contributed by atoms with Gasteiger partial charge in [0.05, 0.1) is 5.56 Å². The molecule has 1 aliphatic rings. The molecular weight excluding hydrogens is 282 g/mol. The fourth-order valence-corrected chi connectivity index (χ4v) is 2.41. The van der Waals surface area contributed by atoms with Gasteiger partial charge in [0.1, 0.15) is 12.4 Å². The van der Waals surface area contributed by atoms with Crippen LogP contribution in [0.15, 0.2) is 42.5 Å². The predicted octanol–water partition coefficient (Wildman–Crippen LogP) is 2.85. The average molecular weight is 297 g/mol. The molecule has 0 saturated heterocycles. The summed E-state index contributed by atoms with van der Waals surface area (Å²) in [5.41, 5.74) is 2.92. The highest BCUT2D eigenvalue weighted by molar-refractivity contribution is 5.94. The maximum absolute atomic E-state index is 11.3. The molecule has 0 aliphatic carbocycles. The second-order valence-electron chi connectivity index (χ2n) is 5.16. The van der Waals surface area contributed by atoms with Gasteiger partial charge in [0.25, 0.3) is 0 Å². The van der Waals surface area contributed by atoms with Crippen molar-refractivity contribution in [2.45, 2.75) is 19.4 Å². The number of ether oxygens (including phenoxy) is 1. The standard InChI is InChI=1S/C17H15NO4/c19-16-7-4-12-9-14(5-6-15(12)18-16)22-10-11-2-1-3-13(8-11)17(20)21/h1-3,5-6,8-9H,4,7,10H2,(H,18,19)(H,20,21). The van der Waals surface area contributed by atoms with Gasteiger partial charge in [-0.25, -0.2) is 4.79 Å². The van der Waals surface area contributed by atoms with E-state index in [9.17, 15) is 9.59 Å². The average Bonchev–Trinajstić information content (AvgIpc) is 2.53. The summed E-state index contributed by atoms with van der Waals surface area (Å²) >= 11 is 0. The number of hydrogen-bond donors (Lipinski definition) is 2. The van der Waals surface area contributed by atoms with Gasteiger partial charge in [-0.15, -0.1) is 0 Å². The number of nitrogens with one attached hydrogen (secondary N) is 1. The number of anilines is 1. The summed E-state index contributed by atoms with van der Waals surface area (Å²) in [7, 11) is 0. The number of amides is 1. The fraction of sp³-hybridized carbons (Fsp3) is 0.176. The van der Waals surface area contributed by atoms with Crippen molar-refractivity contribution in [2.24, 2.45) is 0 Å². The lowest BCUT2D eigenvalue weighted by molar-refractivity contribution is -0.116. The van der Waals surface area contributed by atoms with Crippen LogP contribution in [-0.4, -0.2) is 17.0 Å². The topological polar surface area (TPSA) is 75.6 Å². The van der Waals surface area contributed by atoms with E-state index >= 15 is 0 Å². The first-order valence-corrected chi connectivity index (χ1v) is 6.99. The predicted molar refractivity (Wildman–Crippen MR) is 81.1 cm³/mol. The zero-order chi connectivity index (χ0) is 15.5. The molecule has 112 valence electrons. The molecule has 3 rings (SSSR count). The van der Waals surface area contributed by atoms with Gasteiger partial charge < -0.3 is 15.2 Å². The first-order chi connectivity index (χ1) is 10.6. The van der Waals surface area contributed by atoms with Crippen LogP contribution in [0.4, 0.5) is 5.69 Å². The van der Waals surface area contributed by atoms with Crippen molar-refractivity contribution in [1.29, 1.82) is 0 Å². The number of aryl methyl sites for hydroxylation is 1. The number of aromatic carboxylic acids is 1. The Balaban J connectivity index is 1.70. The van der Waals surface area contributed by atoms with Gasteiger partial charge in [0, 0.05) is 12.1 Å². The Morgan fingerprint density at radius 2 is 2.05 bits per heavy atom. The number of hydrogen-bond acceptors (Lipinski definition) is 3. The Hall–Kier alpha value is -2.82. The number of carbonyl (C=O) groups is 2. The van der Waals surface area contributed by atoms with Crippen molar-refractivity contribution >= 4 is 17.6 Å². The molecule has 0 radical (unpaired) electrons. The second kappa shape index (κ2) is 5.89. The number of carboxylic acids is 1. The molecule has 0 fully saturated rings. The molecule has 0 atom stereocenters. The van der Waals surface area contributed by atoms with E-state index in [4.69, 9.17) is 9.84 Å². The number of benzene rings is 2. The van der Waals surface area contributed by atoms with Crippen molar-refractivity contribution in [2.75, 3.05) is 5.32 Å². The molecule has 0 bridgehead atoms. The summed E-state index contributed by atoms with van der Waals surface area (Å²) in [6.45, 7) is 0.298. The van der Waals surface area contributed by atoms with Crippen LogP contribution in [0.3, 0.4) is 0 Å². The summed E-state index contributed by atoms with van der Waals surface area (Å²) in [6, 6.07) is 12.2. The third-order valence-corrected chi connectivity index (χ3v) is 3.55. The molecule has 5 nitrogen and oxygen atoms in total. The minimum atomic E-state index is -0.952. The highest BCUT2D eigenvalue weighted by Gasteiger charge is 2.15. The van der Waals surface area contributed by atoms with E-state index in [0.29, 0.717) is 25.2 Å². The maximum atomic E-state index is 11.3. The second-order valence-corrected chi connectivity index (χ2v) is 5.16. The Bertz CT molecular complexity index is 739. The highest BCUT2D eigenvalue weighted by Crippen LogP contribution is 2.27. The van der Waals surface area contributed by atoms with E-state index in [2.05, 4.69) is 5.32 Å². The van der Waals surface area contributed by atoms with Gasteiger partial charge >= 0.3 is 5.97 Å². The summed E-state index contributed by atoms with van der Waals surface area (Å²) in [5, 5.41) is 11.8. The lowest BCUT2D eigenvalue weighted by atomic mass is 10.0. The van der Waals surface area contributed by atoms with Gasteiger partial charge in [0.15, 0.2) is 0 Å². The van der Waals surface area contributed by atoms with Crippen LogP contribution in [0.2, 0.25) is 0 Å². The Kier molecular flexibility index (Phi) is 3.78. The molecule has 2 N–H and O–H groups in total. The summed E-state index contributed by atoms with van der Waals surface area (Å²) in [5.74, 6) is -0.214. The van der Waals surface area contributed by atoms with Crippen molar-refractivity contribution in [3.63, 3.8) is 0 Å². The Morgan fingerprint density at radius 1 is 1.18 bits per heavy atom. The molecule has 1 amide bonds. The molecule has 0 saturated carbocycles. The van der Waals surface area contributed by atoms with Gasteiger partial charge in [-0.3, -0.25) is 4.79 Å². The molecule has 2 aromatic rings. The van der Waals surface area contributed by atoms with E-state index < -0.39 is 5.97 Å². The third kappa shape index (κ3) is 3.09. The molecule has 1 heterocycles. The SMILES string of the molecule is O=C1CCc2cc(OCc3cccc(C(=O)O)c3)ccc2N1. The summed E-state index contributed by atoms with van der Waals surface area (Å²) < 4.78 is 5.71. The quantitative estimate of drug-likeness (QED) is 0.910. The van der Waals surface area contributed by atoms with Gasteiger partial charge in [-0.05, 0) is 47.9 Å². The first kappa shape index (κ1) is 14.1. The van der Waals surface area contributed by atoms with Crippen LogP contribution in [0.25, 0.3) is 0 Å². The molecule has 0 spiro atoms. The smallest absolute Gasteiger partial charge is 0.335 e. The lowest BCUT2D eigenvalue weighted by Crippen LogP contribution is -2.18. The molecule has 0 unspecified atom stereocenters. The van der Waals surface area contributed by atoms with E-state index in [-0.39, 0.29) is 11.5 Å². The van der Waals surface area contributed by atoms with Crippen molar-refractivity contribution < 1.29 is 19.4 Å². The summed E-state index contributed by atoms with van der Waals surface area (Å²) in [6.07, 6.45) is 1.18. The van der Waals surface area contributed by atoms with Crippen LogP contribution >= 0.6 is 0 Å². The van der Waals surface area contributed by atoms with Crippen molar-refractivity contribution in [3.05, 3.63) is 59.2 Å². The van der Waals surface area contributed by atoms with Crippen LogP contribution in [0, 0.1) is 0 Å². The third-order valence-electron chi connectivity index (χ3n) is 3.55. The molecule has 5 heteroatoms.